The summed E-state index contributed by atoms with van der Waals surface area (Å²) in [4.78, 5) is 0. The van der Waals surface area contributed by atoms with Crippen molar-refractivity contribution in [3.8, 4) is 0 Å². The Morgan fingerprint density at radius 2 is 1.73 bits per heavy atom. The molecule has 0 N–H and O–H groups in total. The molecule has 0 aliphatic carbocycles. The summed E-state index contributed by atoms with van der Waals surface area (Å²) in [6.07, 6.45) is 6.63. The Morgan fingerprint density at radius 1 is 1.27 bits per heavy atom. The van der Waals surface area contributed by atoms with Crippen molar-refractivity contribution >= 4 is 0 Å². The van der Waals surface area contributed by atoms with E-state index in [4.69, 9.17) is 0 Å². The summed E-state index contributed by atoms with van der Waals surface area (Å²) in [6.45, 7) is 13.3. The molecule has 0 spiro atoms. The fraction of sp³-hybridized carbons (Fsp3) is 0.455. The highest BCUT2D eigenvalue weighted by Crippen LogP contribution is 1.99. The fourth-order valence-corrected chi connectivity index (χ4v) is 0.482. The van der Waals surface area contributed by atoms with Crippen LogP contribution in [0.15, 0.2) is 37.0 Å². The van der Waals surface area contributed by atoms with Crippen molar-refractivity contribution in [2.75, 3.05) is 0 Å². The van der Waals surface area contributed by atoms with Gasteiger partial charge in [-0.05, 0) is 12.0 Å². The van der Waals surface area contributed by atoms with Crippen LogP contribution >= 0.6 is 0 Å². The van der Waals surface area contributed by atoms with Crippen molar-refractivity contribution in [2.24, 2.45) is 0 Å². The fourth-order valence-electron chi connectivity index (χ4n) is 0.482. The Morgan fingerprint density at radius 3 is 1.82 bits per heavy atom. The lowest BCUT2D eigenvalue weighted by Gasteiger charge is -1.89. The Hall–Kier alpha value is -0.780. The minimum Gasteiger partial charge on any atom is -0.0991 e. The number of rotatable bonds is 3. The molecular formula is C11H22. The van der Waals surface area contributed by atoms with Gasteiger partial charge in [-0.3, -0.25) is 0 Å². The highest BCUT2D eigenvalue weighted by molar-refractivity contribution is 5.20. The molecule has 0 aromatic carbocycles. The molecule has 0 radical (unpaired) electrons. The van der Waals surface area contributed by atoms with Gasteiger partial charge in [-0.15, -0.1) is 0 Å². The molecule has 0 unspecified atom stereocenters. The first-order valence-electron chi connectivity index (χ1n) is 3.79. The summed E-state index contributed by atoms with van der Waals surface area (Å²) < 4.78 is 0. The van der Waals surface area contributed by atoms with Crippen molar-refractivity contribution in [1.82, 2.24) is 0 Å². The molecule has 66 valence electrons. The summed E-state index contributed by atoms with van der Waals surface area (Å²) in [5, 5.41) is 0. The quantitative estimate of drug-likeness (QED) is 0.530. The monoisotopic (exact) mass is 154 g/mol. The van der Waals surface area contributed by atoms with Gasteiger partial charge in [-0.1, -0.05) is 59.6 Å². The molecule has 0 nitrogen and oxygen atoms in total. The number of hydrogen-bond acceptors (Lipinski definition) is 0. The van der Waals surface area contributed by atoms with Gasteiger partial charge < -0.3 is 0 Å². The average molecular weight is 154 g/mol. The lowest BCUT2D eigenvalue weighted by atomic mass is 10.2. The second-order valence-electron chi connectivity index (χ2n) is 1.53. The summed E-state index contributed by atoms with van der Waals surface area (Å²) in [5.74, 6) is 0. The van der Waals surface area contributed by atoms with E-state index in [-0.39, 0.29) is 7.43 Å². The van der Waals surface area contributed by atoms with Gasteiger partial charge in [0.15, 0.2) is 0 Å². The zero-order chi connectivity index (χ0) is 8.41. The van der Waals surface area contributed by atoms with Crippen molar-refractivity contribution in [1.29, 1.82) is 0 Å². The summed E-state index contributed by atoms with van der Waals surface area (Å²) in [5.41, 5.74) is 1.24. The van der Waals surface area contributed by atoms with E-state index in [0.29, 0.717) is 0 Å². The molecular weight excluding hydrogens is 132 g/mol. The standard InChI is InChI=1S/C8H12.C2H6.CH4/c1-4-7-8(5-2)6-3;1-2;/h4-5,7H,1-2,6H2,3H3;1-2H3;1H4/b8-7-;;. The third-order valence-corrected chi connectivity index (χ3v) is 1.00. The van der Waals surface area contributed by atoms with Gasteiger partial charge >= 0.3 is 0 Å². The normalized spacial score (nSPS) is 8.45. The Balaban J connectivity index is -0.000000196. The molecule has 0 saturated heterocycles. The van der Waals surface area contributed by atoms with Crippen molar-refractivity contribution < 1.29 is 0 Å². The van der Waals surface area contributed by atoms with Crippen LogP contribution in [0, 0.1) is 0 Å². The second-order valence-corrected chi connectivity index (χ2v) is 1.53. The first-order valence-corrected chi connectivity index (χ1v) is 3.79. The molecule has 0 heterocycles. The van der Waals surface area contributed by atoms with Crippen molar-refractivity contribution in [3.63, 3.8) is 0 Å². The topological polar surface area (TPSA) is 0 Å². The molecule has 0 heteroatoms. The van der Waals surface area contributed by atoms with Gasteiger partial charge in [0, 0.05) is 0 Å². The molecule has 0 aliphatic rings. The summed E-state index contributed by atoms with van der Waals surface area (Å²) in [6, 6.07) is 0. The molecule has 0 fully saturated rings. The Bertz CT molecular complexity index is 107. The number of allylic oxidation sites excluding steroid dienone is 4. The van der Waals surface area contributed by atoms with E-state index in [1.165, 1.54) is 5.57 Å². The van der Waals surface area contributed by atoms with E-state index in [0.717, 1.165) is 6.42 Å². The highest BCUT2D eigenvalue weighted by atomic mass is 13.8. The van der Waals surface area contributed by atoms with Gasteiger partial charge in [0.25, 0.3) is 0 Å². The first-order chi connectivity index (χ1) is 4.85. The molecule has 0 aliphatic heterocycles. The predicted molar refractivity (Wildman–Crippen MR) is 56.8 cm³/mol. The Kier molecular flexibility index (Phi) is 24.4. The van der Waals surface area contributed by atoms with Crippen LogP contribution in [-0.2, 0) is 0 Å². The van der Waals surface area contributed by atoms with Crippen LogP contribution in [0.5, 0.6) is 0 Å². The molecule has 11 heavy (non-hydrogen) atoms. The maximum Gasteiger partial charge on any atom is -0.0308 e. The van der Waals surface area contributed by atoms with Crippen molar-refractivity contribution in [3.05, 3.63) is 37.0 Å². The minimum absolute atomic E-state index is 0. The van der Waals surface area contributed by atoms with Gasteiger partial charge in [0.2, 0.25) is 0 Å². The lowest BCUT2D eigenvalue weighted by Crippen LogP contribution is -1.68. The SMILES string of the molecule is C.C=C/C=C(/C=C)CC.CC. The predicted octanol–water partition coefficient (Wildman–Crippen LogP) is 4.36. The summed E-state index contributed by atoms with van der Waals surface area (Å²) >= 11 is 0. The van der Waals surface area contributed by atoms with Crippen LogP contribution < -0.4 is 0 Å². The summed E-state index contributed by atoms with van der Waals surface area (Å²) in [7, 11) is 0. The average Bonchev–Trinajstić information content (AvgIpc) is 2.04. The lowest BCUT2D eigenvalue weighted by molar-refractivity contribution is 1.15. The van der Waals surface area contributed by atoms with Crippen LogP contribution in [0.1, 0.15) is 34.6 Å². The second kappa shape index (κ2) is 16.1. The van der Waals surface area contributed by atoms with Crippen LogP contribution in [0.25, 0.3) is 0 Å². The van der Waals surface area contributed by atoms with E-state index in [9.17, 15) is 0 Å². The van der Waals surface area contributed by atoms with Gasteiger partial charge in [-0.25, -0.2) is 0 Å². The van der Waals surface area contributed by atoms with Crippen LogP contribution in [0.4, 0.5) is 0 Å². The van der Waals surface area contributed by atoms with Crippen LogP contribution in [-0.4, -0.2) is 0 Å². The van der Waals surface area contributed by atoms with E-state index in [2.05, 4.69) is 20.1 Å². The van der Waals surface area contributed by atoms with Gasteiger partial charge in [-0.2, -0.15) is 0 Å². The highest BCUT2D eigenvalue weighted by Gasteiger charge is 1.79. The maximum atomic E-state index is 3.63. The van der Waals surface area contributed by atoms with Gasteiger partial charge in [0.1, 0.15) is 0 Å². The molecule has 0 amide bonds. The van der Waals surface area contributed by atoms with Crippen LogP contribution in [0.3, 0.4) is 0 Å². The molecule has 0 aromatic heterocycles. The Labute approximate surface area is 72.3 Å². The van der Waals surface area contributed by atoms with Gasteiger partial charge in [0.05, 0.1) is 0 Å². The maximum absolute atomic E-state index is 3.63. The smallest absolute Gasteiger partial charge is 0.0308 e. The minimum atomic E-state index is 0. The molecule has 0 atom stereocenters. The molecule has 0 bridgehead atoms. The van der Waals surface area contributed by atoms with Crippen molar-refractivity contribution in [2.45, 2.75) is 34.6 Å². The largest absolute Gasteiger partial charge is 0.0991 e. The van der Waals surface area contributed by atoms with E-state index in [1.807, 2.05) is 26.0 Å². The zero-order valence-electron chi connectivity index (χ0n) is 7.35. The molecule has 0 saturated carbocycles. The third kappa shape index (κ3) is 12.4. The van der Waals surface area contributed by atoms with Crippen LogP contribution in [0.2, 0.25) is 0 Å². The molecule has 0 rings (SSSR count). The van der Waals surface area contributed by atoms with E-state index < -0.39 is 0 Å². The third-order valence-electron chi connectivity index (χ3n) is 1.00. The van der Waals surface area contributed by atoms with E-state index in [1.54, 1.807) is 6.08 Å². The zero-order valence-corrected chi connectivity index (χ0v) is 7.35. The molecule has 0 aromatic rings. The first kappa shape index (κ1) is 16.7. The van der Waals surface area contributed by atoms with E-state index >= 15 is 0 Å². The number of hydrogen-bond donors (Lipinski definition) is 0.